The molecule has 1 aromatic rings. The Morgan fingerprint density at radius 1 is 1.32 bits per heavy atom. The predicted molar refractivity (Wildman–Crippen MR) is 73.1 cm³/mol. The molecule has 1 aliphatic carbocycles. The lowest BCUT2D eigenvalue weighted by atomic mass is 10.3. The normalized spacial score (nSPS) is 15.5. The average Bonchev–Trinajstić information content (AvgIpc) is 2.96. The molecule has 1 saturated carbocycles. The molecule has 2 rings (SSSR count). The highest BCUT2D eigenvalue weighted by atomic mass is 16.5. The summed E-state index contributed by atoms with van der Waals surface area (Å²) < 4.78 is 11.0. The highest BCUT2D eigenvalue weighted by molar-refractivity contribution is 5.62. The Labute approximate surface area is 112 Å². The fourth-order valence-electron chi connectivity index (χ4n) is 2.25. The Hall–Kier alpha value is -1.60. The van der Waals surface area contributed by atoms with E-state index >= 15 is 0 Å². The molecule has 0 atom stereocenters. The maximum absolute atomic E-state index is 5.77. The lowest BCUT2D eigenvalue weighted by molar-refractivity contribution is 0.0658. The second-order valence-electron chi connectivity index (χ2n) is 4.45. The second-order valence-corrected chi connectivity index (χ2v) is 4.45. The average molecular weight is 267 g/mol. The highest BCUT2D eigenvalue weighted by Gasteiger charge is 2.15. The highest BCUT2D eigenvalue weighted by Crippen LogP contribution is 2.27. The molecule has 1 fully saturated rings. The molecule has 0 amide bonds. The standard InChI is InChI=1S/C12H21N5O2/c1-18-10-11(15-8-16-12(10)17-13)14-6-7-19-9-4-2-3-5-9/h8-9H,2-7,13H2,1H3,(H2,14,15,16,17). The molecule has 0 radical (unpaired) electrons. The van der Waals surface area contributed by atoms with Crippen LogP contribution in [0.15, 0.2) is 6.33 Å². The van der Waals surface area contributed by atoms with Crippen LogP contribution < -0.4 is 21.3 Å². The van der Waals surface area contributed by atoms with Gasteiger partial charge in [0.15, 0.2) is 11.6 Å². The summed E-state index contributed by atoms with van der Waals surface area (Å²) in [5.74, 6) is 6.93. The van der Waals surface area contributed by atoms with E-state index in [1.807, 2.05) is 0 Å². The van der Waals surface area contributed by atoms with E-state index in [1.54, 1.807) is 7.11 Å². The van der Waals surface area contributed by atoms with E-state index in [2.05, 4.69) is 20.7 Å². The first kappa shape index (κ1) is 13.8. The van der Waals surface area contributed by atoms with Crippen LogP contribution in [0.4, 0.5) is 11.6 Å². The second kappa shape index (κ2) is 7.10. The fraction of sp³-hybridized carbons (Fsp3) is 0.667. The summed E-state index contributed by atoms with van der Waals surface area (Å²) in [5.41, 5.74) is 2.47. The molecule has 7 heteroatoms. The summed E-state index contributed by atoms with van der Waals surface area (Å²) in [6, 6.07) is 0. The fourth-order valence-corrected chi connectivity index (χ4v) is 2.25. The van der Waals surface area contributed by atoms with Gasteiger partial charge in [-0.2, -0.15) is 0 Å². The van der Waals surface area contributed by atoms with Crippen LogP contribution in [0.25, 0.3) is 0 Å². The molecule has 0 aromatic carbocycles. The molecule has 7 nitrogen and oxygen atoms in total. The molecular formula is C12H21N5O2. The van der Waals surface area contributed by atoms with Crippen molar-refractivity contribution in [2.75, 3.05) is 31.0 Å². The number of nitrogen functional groups attached to an aromatic ring is 1. The molecule has 1 heterocycles. The van der Waals surface area contributed by atoms with Crippen LogP contribution in [0.5, 0.6) is 5.75 Å². The van der Waals surface area contributed by atoms with Gasteiger partial charge in [-0.3, -0.25) is 0 Å². The van der Waals surface area contributed by atoms with Crippen molar-refractivity contribution in [1.29, 1.82) is 0 Å². The van der Waals surface area contributed by atoms with Crippen molar-refractivity contribution in [3.8, 4) is 5.75 Å². The van der Waals surface area contributed by atoms with Gasteiger partial charge >= 0.3 is 0 Å². The number of methoxy groups -OCH3 is 1. The first-order chi connectivity index (χ1) is 9.35. The van der Waals surface area contributed by atoms with E-state index in [9.17, 15) is 0 Å². The number of nitrogens with zero attached hydrogens (tertiary/aromatic N) is 2. The van der Waals surface area contributed by atoms with Gasteiger partial charge in [0.25, 0.3) is 0 Å². The van der Waals surface area contributed by atoms with Crippen LogP contribution in [0.1, 0.15) is 25.7 Å². The molecule has 1 aromatic heterocycles. The van der Waals surface area contributed by atoms with Gasteiger partial charge in [-0.25, -0.2) is 15.8 Å². The number of hydrogen-bond donors (Lipinski definition) is 3. The summed E-state index contributed by atoms with van der Waals surface area (Å²) in [7, 11) is 1.56. The van der Waals surface area contributed by atoms with Gasteiger partial charge < -0.3 is 20.2 Å². The van der Waals surface area contributed by atoms with E-state index in [-0.39, 0.29) is 0 Å². The first-order valence-corrected chi connectivity index (χ1v) is 6.56. The zero-order chi connectivity index (χ0) is 13.5. The summed E-state index contributed by atoms with van der Waals surface area (Å²) in [6.07, 6.45) is 6.77. The number of nitrogens with two attached hydrogens (primary N) is 1. The van der Waals surface area contributed by atoms with Gasteiger partial charge in [-0.05, 0) is 12.8 Å². The maximum Gasteiger partial charge on any atom is 0.205 e. The third kappa shape index (κ3) is 3.68. The Bertz CT molecular complexity index is 396. The number of anilines is 2. The number of hydrazine groups is 1. The number of ether oxygens (including phenoxy) is 2. The Kier molecular flexibility index (Phi) is 5.17. The molecule has 19 heavy (non-hydrogen) atoms. The minimum Gasteiger partial charge on any atom is -0.490 e. The van der Waals surface area contributed by atoms with Crippen molar-refractivity contribution in [3.63, 3.8) is 0 Å². The number of nitrogens with one attached hydrogen (secondary N) is 2. The Morgan fingerprint density at radius 2 is 2.05 bits per heavy atom. The summed E-state index contributed by atoms with van der Waals surface area (Å²) in [4.78, 5) is 8.11. The maximum atomic E-state index is 5.77. The van der Waals surface area contributed by atoms with Crippen LogP contribution in [0.3, 0.4) is 0 Å². The third-order valence-electron chi connectivity index (χ3n) is 3.19. The molecule has 106 valence electrons. The molecule has 0 bridgehead atoms. The van der Waals surface area contributed by atoms with Gasteiger partial charge in [0.2, 0.25) is 5.75 Å². The van der Waals surface area contributed by atoms with Gasteiger partial charge in [0, 0.05) is 6.54 Å². The minimum absolute atomic E-state index is 0.426. The van der Waals surface area contributed by atoms with Crippen LogP contribution in [0.2, 0.25) is 0 Å². The minimum atomic E-state index is 0.426. The molecule has 0 spiro atoms. The number of hydrogen-bond acceptors (Lipinski definition) is 7. The largest absolute Gasteiger partial charge is 0.490 e. The monoisotopic (exact) mass is 267 g/mol. The van der Waals surface area contributed by atoms with Crippen LogP contribution in [-0.2, 0) is 4.74 Å². The zero-order valence-electron chi connectivity index (χ0n) is 11.2. The topological polar surface area (TPSA) is 94.3 Å². The molecule has 0 unspecified atom stereocenters. The predicted octanol–water partition coefficient (Wildman–Crippen LogP) is 1.14. The van der Waals surface area contributed by atoms with E-state index in [0.717, 1.165) is 0 Å². The van der Waals surface area contributed by atoms with Crippen molar-refractivity contribution >= 4 is 11.6 Å². The lowest BCUT2D eigenvalue weighted by Gasteiger charge is -2.14. The molecule has 1 aliphatic rings. The number of rotatable bonds is 7. The van der Waals surface area contributed by atoms with Crippen molar-refractivity contribution in [3.05, 3.63) is 6.33 Å². The molecule has 0 aliphatic heterocycles. The van der Waals surface area contributed by atoms with E-state index in [0.29, 0.717) is 36.6 Å². The first-order valence-electron chi connectivity index (χ1n) is 6.56. The van der Waals surface area contributed by atoms with Gasteiger partial charge in [0.05, 0.1) is 19.8 Å². The van der Waals surface area contributed by atoms with E-state index in [1.165, 1.54) is 32.0 Å². The zero-order valence-corrected chi connectivity index (χ0v) is 11.2. The van der Waals surface area contributed by atoms with Crippen molar-refractivity contribution < 1.29 is 9.47 Å². The lowest BCUT2D eigenvalue weighted by Crippen LogP contribution is -2.17. The van der Waals surface area contributed by atoms with Gasteiger partial charge in [-0.1, -0.05) is 12.8 Å². The molecule has 4 N–H and O–H groups in total. The molecular weight excluding hydrogens is 246 g/mol. The van der Waals surface area contributed by atoms with Gasteiger partial charge in [-0.15, -0.1) is 0 Å². The Morgan fingerprint density at radius 3 is 2.74 bits per heavy atom. The quantitative estimate of drug-likeness (QED) is 0.387. The van der Waals surface area contributed by atoms with E-state index in [4.69, 9.17) is 15.3 Å². The van der Waals surface area contributed by atoms with Crippen molar-refractivity contribution in [2.24, 2.45) is 5.84 Å². The van der Waals surface area contributed by atoms with Gasteiger partial charge in [0.1, 0.15) is 6.33 Å². The van der Waals surface area contributed by atoms with Crippen LogP contribution in [-0.4, -0.2) is 36.3 Å². The summed E-state index contributed by atoms with van der Waals surface area (Å²) in [6.45, 7) is 1.33. The SMILES string of the molecule is COc1c(NN)ncnc1NCCOC1CCCC1. The van der Waals surface area contributed by atoms with Crippen LogP contribution >= 0.6 is 0 Å². The number of aromatic nitrogens is 2. The molecule has 0 saturated heterocycles. The summed E-state index contributed by atoms with van der Waals surface area (Å²) in [5, 5.41) is 3.17. The smallest absolute Gasteiger partial charge is 0.205 e. The third-order valence-corrected chi connectivity index (χ3v) is 3.19. The van der Waals surface area contributed by atoms with Crippen molar-refractivity contribution in [1.82, 2.24) is 9.97 Å². The van der Waals surface area contributed by atoms with E-state index < -0.39 is 0 Å². The Balaban J connectivity index is 1.81. The van der Waals surface area contributed by atoms with Crippen LogP contribution in [0, 0.1) is 0 Å². The van der Waals surface area contributed by atoms with Crippen molar-refractivity contribution in [2.45, 2.75) is 31.8 Å². The summed E-state index contributed by atoms with van der Waals surface area (Å²) >= 11 is 0.